The zero-order valence-corrected chi connectivity index (χ0v) is 23.6. The number of hydrogen-bond donors (Lipinski definition) is 1. The molecule has 0 fully saturated rings. The minimum atomic E-state index is -2.69. The molecule has 2 aliphatic heterocycles. The lowest BCUT2D eigenvalue weighted by atomic mass is 9.84. The zero-order chi connectivity index (χ0) is 25.9. The first-order chi connectivity index (χ1) is 17.7. The van der Waals surface area contributed by atoms with Gasteiger partial charge >= 0.3 is 0 Å². The summed E-state index contributed by atoms with van der Waals surface area (Å²) in [5.41, 5.74) is 5.98. The molecule has 2 aliphatic rings. The second-order valence-electron chi connectivity index (χ2n) is 9.90. The Morgan fingerprint density at radius 1 is 0.946 bits per heavy atom. The Morgan fingerprint density at radius 3 is 2.35 bits per heavy atom. The average molecular weight is 544 g/mol. The minimum Gasteiger partial charge on any atom is -0.349 e. The van der Waals surface area contributed by atoms with E-state index in [0.717, 1.165) is 39.2 Å². The van der Waals surface area contributed by atoms with Crippen LogP contribution in [0.2, 0.25) is 5.02 Å². The number of aliphatic imine (C=N–C) groups is 1. The number of anilines is 2. The van der Waals surface area contributed by atoms with Crippen LogP contribution in [0.5, 0.6) is 0 Å². The smallest absolute Gasteiger partial charge is 0.166 e. The van der Waals surface area contributed by atoms with Crippen molar-refractivity contribution in [2.75, 3.05) is 17.0 Å². The highest BCUT2D eigenvalue weighted by Crippen LogP contribution is 2.62. The van der Waals surface area contributed by atoms with Gasteiger partial charge in [-0.3, -0.25) is 0 Å². The highest BCUT2D eigenvalue weighted by atomic mass is 35.5. The van der Waals surface area contributed by atoms with Gasteiger partial charge in [-0.15, -0.1) is 0 Å². The molecule has 37 heavy (non-hydrogen) atoms. The molecule has 0 bridgehead atoms. The molecule has 186 valence electrons. The van der Waals surface area contributed by atoms with Gasteiger partial charge < -0.3 is 9.99 Å². The number of nitrogens with zero attached hydrogens (tertiary/aromatic N) is 4. The maximum Gasteiger partial charge on any atom is 0.166 e. The summed E-state index contributed by atoms with van der Waals surface area (Å²) in [7, 11) is 2.12. The summed E-state index contributed by atoms with van der Waals surface area (Å²) in [4.78, 5) is 7.29. The lowest BCUT2D eigenvalue weighted by Gasteiger charge is -2.35. The van der Waals surface area contributed by atoms with Gasteiger partial charge in [-0.05, 0) is 42.8 Å². The van der Waals surface area contributed by atoms with Gasteiger partial charge in [-0.1, -0.05) is 85.8 Å². The third-order valence-corrected chi connectivity index (χ3v) is 11.7. The molecule has 6 rings (SSSR count). The van der Waals surface area contributed by atoms with Crippen LogP contribution in [0.15, 0.2) is 94.9 Å². The number of fused-ring (bicyclic) bond motifs is 2. The summed E-state index contributed by atoms with van der Waals surface area (Å²) in [5, 5.41) is 11.3. The molecule has 0 amide bonds. The third-order valence-electron chi connectivity index (χ3n) is 7.23. The van der Waals surface area contributed by atoms with E-state index in [2.05, 4.69) is 55.1 Å². The van der Waals surface area contributed by atoms with Crippen molar-refractivity contribution in [1.82, 2.24) is 9.78 Å². The minimum absolute atomic E-state index is 0.264. The van der Waals surface area contributed by atoms with Gasteiger partial charge in [0, 0.05) is 35.4 Å². The highest BCUT2D eigenvalue weighted by molar-refractivity contribution is 8.21. The Labute approximate surface area is 227 Å². The number of hydrogen-bond acceptors (Lipinski definition) is 4. The molecular formula is C29H27ClN5PS. The monoisotopic (exact) mass is 543 g/mol. The number of aryl methyl sites for hydroxylation is 1. The van der Waals surface area contributed by atoms with Crippen LogP contribution in [-0.4, -0.2) is 23.0 Å². The molecule has 0 aliphatic carbocycles. The summed E-state index contributed by atoms with van der Waals surface area (Å²) >= 11 is 13.4. The lowest BCUT2D eigenvalue weighted by molar-refractivity contribution is 0.639. The van der Waals surface area contributed by atoms with Crippen LogP contribution < -0.4 is 15.3 Å². The van der Waals surface area contributed by atoms with Gasteiger partial charge in [-0.2, -0.15) is 5.10 Å². The first-order valence-electron chi connectivity index (χ1n) is 12.1. The number of allylic oxidation sites excluding steroid dienone is 2. The van der Waals surface area contributed by atoms with Gasteiger partial charge in [0.15, 0.2) is 5.82 Å². The molecule has 8 heteroatoms. The second kappa shape index (κ2) is 8.70. The predicted molar refractivity (Wildman–Crippen MR) is 160 cm³/mol. The fourth-order valence-electron chi connectivity index (χ4n) is 5.57. The molecule has 3 aromatic carbocycles. The van der Waals surface area contributed by atoms with Crippen LogP contribution in [0, 0.1) is 6.92 Å². The van der Waals surface area contributed by atoms with Crippen molar-refractivity contribution in [3.05, 3.63) is 106 Å². The van der Waals surface area contributed by atoms with Gasteiger partial charge in [-0.25, -0.2) is 9.67 Å². The van der Waals surface area contributed by atoms with Crippen molar-refractivity contribution in [1.29, 1.82) is 0 Å². The Balaban J connectivity index is 1.65. The van der Waals surface area contributed by atoms with E-state index in [1.807, 2.05) is 72.4 Å². The fourth-order valence-corrected chi connectivity index (χ4v) is 10.0. The summed E-state index contributed by atoms with van der Waals surface area (Å²) < 4.78 is 1.90. The average Bonchev–Trinajstić information content (AvgIpc) is 3.34. The van der Waals surface area contributed by atoms with Crippen LogP contribution in [0.4, 0.5) is 17.2 Å². The number of aromatic nitrogens is 2. The molecule has 3 heterocycles. The fraction of sp³-hybridized carbons (Fsp3) is 0.172. The van der Waals surface area contributed by atoms with Crippen LogP contribution >= 0.6 is 17.8 Å². The Morgan fingerprint density at radius 2 is 1.62 bits per heavy atom. The van der Waals surface area contributed by atoms with Crippen LogP contribution in [0.25, 0.3) is 5.69 Å². The van der Waals surface area contributed by atoms with Gasteiger partial charge in [0.2, 0.25) is 0 Å². The topological polar surface area (TPSA) is 45.5 Å². The van der Waals surface area contributed by atoms with Crippen molar-refractivity contribution >= 4 is 58.3 Å². The summed E-state index contributed by atoms with van der Waals surface area (Å²) in [5.74, 6) is 0.770. The first kappa shape index (κ1) is 24.2. The van der Waals surface area contributed by atoms with E-state index in [0.29, 0.717) is 5.02 Å². The van der Waals surface area contributed by atoms with Crippen molar-refractivity contribution in [3.63, 3.8) is 0 Å². The van der Waals surface area contributed by atoms with Crippen LogP contribution in [0.3, 0.4) is 0 Å². The molecular weight excluding hydrogens is 517 g/mol. The lowest BCUT2D eigenvalue weighted by Crippen LogP contribution is -2.29. The van der Waals surface area contributed by atoms with Crippen molar-refractivity contribution in [3.8, 4) is 5.69 Å². The van der Waals surface area contributed by atoms with Crippen LogP contribution in [-0.2, 0) is 17.2 Å². The molecule has 1 atom stereocenters. The summed E-state index contributed by atoms with van der Waals surface area (Å²) in [6.07, 6.45) is -0.725. The number of halogens is 1. The number of para-hydroxylation sites is 3. The number of likely N-dealkylation sites (N-methyl/N-ethyl adjacent to an activating group) is 1. The van der Waals surface area contributed by atoms with E-state index in [-0.39, 0.29) is 5.41 Å². The number of benzene rings is 3. The summed E-state index contributed by atoms with van der Waals surface area (Å²) in [6.45, 7) is 6.54. The predicted octanol–water partition coefficient (Wildman–Crippen LogP) is 7.32. The van der Waals surface area contributed by atoms with Gasteiger partial charge in [0.25, 0.3) is 0 Å². The van der Waals surface area contributed by atoms with E-state index in [1.165, 1.54) is 11.3 Å². The molecule has 4 aromatic rings. The Hall–Kier alpha value is -3.18. The van der Waals surface area contributed by atoms with E-state index in [4.69, 9.17) is 33.5 Å². The van der Waals surface area contributed by atoms with E-state index in [1.54, 1.807) is 0 Å². The van der Waals surface area contributed by atoms with Crippen LogP contribution in [0.1, 0.15) is 25.1 Å². The zero-order valence-electron chi connectivity index (χ0n) is 21.1. The molecule has 1 N–H and O–H groups in total. The van der Waals surface area contributed by atoms with Crippen molar-refractivity contribution < 1.29 is 0 Å². The molecule has 1 aromatic heterocycles. The molecule has 5 nitrogen and oxygen atoms in total. The quantitative estimate of drug-likeness (QED) is 0.275. The maximum atomic E-state index is 6.74. The summed E-state index contributed by atoms with van der Waals surface area (Å²) in [6, 6.07) is 26.4. The van der Waals surface area contributed by atoms with Gasteiger partial charge in [0.1, 0.15) is 0 Å². The first-order valence-corrected chi connectivity index (χ1v) is 15.3. The normalized spacial score (nSPS) is 21.6. The number of nitrogens with one attached hydrogen (secondary N) is 1. The second-order valence-corrected chi connectivity index (χ2v) is 14.3. The van der Waals surface area contributed by atoms with Crippen molar-refractivity contribution in [2.45, 2.75) is 26.2 Å². The SMILES string of the molecule is Cc1nn(-c2ccccc2)c2c1P(=S)(Nc1ccccc1Cl)/C(=C1/N(C)c3ccccc3C1(C)C)C=N2. The Kier molecular flexibility index (Phi) is 5.68. The third kappa shape index (κ3) is 3.62. The molecule has 0 radical (unpaired) electrons. The molecule has 0 spiro atoms. The largest absolute Gasteiger partial charge is 0.349 e. The van der Waals surface area contributed by atoms with E-state index < -0.39 is 6.19 Å². The molecule has 0 saturated heterocycles. The standard InChI is InChI=1S/C29H27ClN5PS/c1-19-26-28(35(32-19)20-12-6-5-7-13-20)31-18-25(36(26,37)33-23-16-10-9-15-22(23)30)27-29(2,3)21-14-8-11-17-24(21)34(27)4/h5-18H,1-4H3,(H,33,37)/b27-25+. The molecule has 0 saturated carbocycles. The van der Waals surface area contributed by atoms with E-state index >= 15 is 0 Å². The number of rotatable bonds is 3. The van der Waals surface area contributed by atoms with Crippen molar-refractivity contribution in [2.24, 2.45) is 4.99 Å². The van der Waals surface area contributed by atoms with E-state index in [9.17, 15) is 0 Å². The molecule has 1 unspecified atom stereocenters. The maximum absolute atomic E-state index is 6.74. The Bertz CT molecular complexity index is 1650. The van der Waals surface area contributed by atoms with Gasteiger partial charge in [0.05, 0.1) is 33.6 Å². The highest BCUT2D eigenvalue weighted by Gasteiger charge is 2.45.